The fraction of sp³-hybridized carbons (Fsp3) is 0.550. The number of esters is 2. The van der Waals surface area contributed by atoms with Crippen LogP contribution in [0.3, 0.4) is 0 Å². The summed E-state index contributed by atoms with van der Waals surface area (Å²) in [6.07, 6.45) is -1.21. The summed E-state index contributed by atoms with van der Waals surface area (Å²) in [4.78, 5) is 35.6. The van der Waals surface area contributed by atoms with Crippen LogP contribution in [0.15, 0.2) is 24.3 Å². The molecule has 0 aliphatic heterocycles. The first kappa shape index (κ1) is 23.8. The zero-order chi connectivity index (χ0) is 21.3. The molecule has 0 fully saturated rings. The summed E-state index contributed by atoms with van der Waals surface area (Å²) in [6, 6.07) is 6.44. The summed E-state index contributed by atoms with van der Waals surface area (Å²) in [7, 11) is 0. The molecular weight excluding hydrogens is 386 g/mol. The molecule has 0 saturated heterocycles. The lowest BCUT2D eigenvalue weighted by Gasteiger charge is -2.25. The molecule has 0 bridgehead atoms. The maximum Gasteiger partial charge on any atom is 0.410 e. The van der Waals surface area contributed by atoms with Crippen LogP contribution in [0, 0.1) is 11.3 Å². The quantitative estimate of drug-likeness (QED) is 0.295. The molecule has 8 heteroatoms. The van der Waals surface area contributed by atoms with Gasteiger partial charge in [0.2, 0.25) is 0 Å². The van der Waals surface area contributed by atoms with Crippen molar-refractivity contribution >= 4 is 29.6 Å². The van der Waals surface area contributed by atoms with Crippen molar-refractivity contribution in [3.63, 3.8) is 0 Å². The number of hydrogen-bond donors (Lipinski definition) is 1. The second-order valence-corrected chi connectivity index (χ2v) is 8.07. The summed E-state index contributed by atoms with van der Waals surface area (Å²) in [5, 5.41) is 3.08. The number of amides is 1. The topological polar surface area (TPSA) is 90.9 Å². The molecule has 0 saturated carbocycles. The maximum atomic E-state index is 12.0. The number of alkyl carbamates (subject to hydrolysis) is 1. The Balaban J connectivity index is 2.33. The molecule has 28 heavy (non-hydrogen) atoms. The smallest absolute Gasteiger partial charge is 0.410 e. The highest BCUT2D eigenvalue weighted by atomic mass is 35.5. The Hall–Kier alpha value is -2.28. The average molecular weight is 414 g/mol. The minimum absolute atomic E-state index is 0.121. The van der Waals surface area contributed by atoms with Gasteiger partial charge in [-0.1, -0.05) is 25.4 Å². The van der Waals surface area contributed by atoms with Gasteiger partial charge in [0.15, 0.2) is 0 Å². The van der Waals surface area contributed by atoms with Crippen molar-refractivity contribution in [2.75, 3.05) is 6.54 Å². The molecule has 1 aromatic rings. The van der Waals surface area contributed by atoms with E-state index in [1.807, 2.05) is 0 Å². The Morgan fingerprint density at radius 3 is 2.21 bits per heavy atom. The minimum Gasteiger partial charge on any atom is -0.427 e. The van der Waals surface area contributed by atoms with Gasteiger partial charge in [-0.2, -0.15) is 0 Å². The van der Waals surface area contributed by atoms with Crippen molar-refractivity contribution < 1.29 is 28.6 Å². The van der Waals surface area contributed by atoms with Gasteiger partial charge >= 0.3 is 18.0 Å². The molecular formula is C20H28ClNO6. The predicted octanol–water partition coefficient (Wildman–Crippen LogP) is 4.32. The second-order valence-electron chi connectivity index (χ2n) is 7.63. The van der Waals surface area contributed by atoms with E-state index in [1.165, 1.54) is 0 Å². The van der Waals surface area contributed by atoms with E-state index >= 15 is 0 Å². The zero-order valence-electron chi connectivity index (χ0n) is 16.9. The zero-order valence-corrected chi connectivity index (χ0v) is 17.7. The number of carbonyl (C=O) groups is 3. The highest BCUT2D eigenvalue weighted by Crippen LogP contribution is 2.19. The van der Waals surface area contributed by atoms with Crippen molar-refractivity contribution in [3.8, 4) is 5.75 Å². The van der Waals surface area contributed by atoms with E-state index in [4.69, 9.17) is 25.8 Å². The van der Waals surface area contributed by atoms with Gasteiger partial charge in [0.25, 0.3) is 6.29 Å². The summed E-state index contributed by atoms with van der Waals surface area (Å²) in [5.74, 6) is -0.672. The molecule has 1 rings (SSSR count). The van der Waals surface area contributed by atoms with Gasteiger partial charge in [-0.3, -0.25) is 9.59 Å². The van der Waals surface area contributed by atoms with Crippen molar-refractivity contribution in [3.05, 3.63) is 29.3 Å². The summed E-state index contributed by atoms with van der Waals surface area (Å²) >= 11 is 5.77. The molecule has 1 N–H and O–H groups in total. The number of rotatable bonds is 8. The standard InChI is InChI=1S/C20H28ClNO6/c1-13(2)17(27-18(24)20(3,4)5)28-19(25)22-12-6-7-16(23)26-15-10-8-14(21)9-11-15/h8-11,13,17H,6-7,12H2,1-5H3,(H,22,25). The van der Waals surface area contributed by atoms with Crippen molar-refractivity contribution in [2.24, 2.45) is 11.3 Å². The highest BCUT2D eigenvalue weighted by Gasteiger charge is 2.29. The van der Waals surface area contributed by atoms with Gasteiger partial charge in [0, 0.05) is 23.9 Å². The van der Waals surface area contributed by atoms with Crippen LogP contribution in [0.2, 0.25) is 5.02 Å². The van der Waals surface area contributed by atoms with Crippen LogP contribution in [0.5, 0.6) is 5.75 Å². The Morgan fingerprint density at radius 1 is 1.07 bits per heavy atom. The van der Waals surface area contributed by atoms with E-state index in [0.717, 1.165) is 0 Å². The first-order valence-corrected chi connectivity index (χ1v) is 9.48. The molecule has 1 atom stereocenters. The molecule has 0 radical (unpaired) electrons. The predicted molar refractivity (Wildman–Crippen MR) is 105 cm³/mol. The summed E-state index contributed by atoms with van der Waals surface area (Å²) < 4.78 is 15.6. The first-order chi connectivity index (χ1) is 13.0. The van der Waals surface area contributed by atoms with Crippen molar-refractivity contribution in [1.82, 2.24) is 5.32 Å². The molecule has 0 aromatic heterocycles. The third-order valence-electron chi connectivity index (χ3n) is 3.48. The van der Waals surface area contributed by atoms with E-state index in [2.05, 4.69) is 5.32 Å². The van der Waals surface area contributed by atoms with E-state index in [1.54, 1.807) is 58.9 Å². The number of carbonyl (C=O) groups excluding carboxylic acids is 3. The first-order valence-electron chi connectivity index (χ1n) is 9.11. The fourth-order valence-corrected chi connectivity index (χ4v) is 1.96. The van der Waals surface area contributed by atoms with Gasteiger partial charge in [-0.15, -0.1) is 0 Å². The van der Waals surface area contributed by atoms with Gasteiger partial charge < -0.3 is 19.5 Å². The van der Waals surface area contributed by atoms with Crippen molar-refractivity contribution in [1.29, 1.82) is 0 Å². The SMILES string of the molecule is CC(C)C(OC(=O)NCCCC(=O)Oc1ccc(Cl)cc1)OC(=O)C(C)(C)C. The Morgan fingerprint density at radius 2 is 1.68 bits per heavy atom. The van der Waals surface area contributed by atoms with Crippen LogP contribution in [-0.4, -0.2) is 30.9 Å². The Bertz CT molecular complexity index is 666. The number of benzene rings is 1. The molecule has 7 nitrogen and oxygen atoms in total. The highest BCUT2D eigenvalue weighted by molar-refractivity contribution is 6.30. The van der Waals surface area contributed by atoms with Crippen LogP contribution in [0.1, 0.15) is 47.5 Å². The molecule has 156 valence electrons. The fourth-order valence-electron chi connectivity index (χ4n) is 1.83. The molecule has 0 heterocycles. The maximum absolute atomic E-state index is 12.0. The van der Waals surface area contributed by atoms with E-state index in [-0.39, 0.29) is 18.9 Å². The molecule has 0 aliphatic carbocycles. The Labute approximate surface area is 170 Å². The monoisotopic (exact) mass is 413 g/mol. The van der Waals surface area contributed by atoms with Crippen LogP contribution < -0.4 is 10.1 Å². The van der Waals surface area contributed by atoms with Crippen LogP contribution >= 0.6 is 11.6 Å². The Kier molecular flexibility index (Phi) is 9.25. The van der Waals surface area contributed by atoms with Gasteiger partial charge in [0.05, 0.1) is 5.41 Å². The van der Waals surface area contributed by atoms with E-state index < -0.39 is 29.7 Å². The number of hydrogen-bond acceptors (Lipinski definition) is 6. The van der Waals surface area contributed by atoms with Crippen molar-refractivity contribution in [2.45, 2.75) is 53.8 Å². The van der Waals surface area contributed by atoms with Gasteiger partial charge in [-0.25, -0.2) is 4.79 Å². The van der Waals surface area contributed by atoms with E-state index in [0.29, 0.717) is 17.2 Å². The minimum atomic E-state index is -0.985. The number of halogens is 1. The molecule has 1 unspecified atom stereocenters. The third-order valence-corrected chi connectivity index (χ3v) is 3.73. The normalized spacial score (nSPS) is 12.2. The molecule has 1 amide bonds. The summed E-state index contributed by atoms with van der Waals surface area (Å²) in [6.45, 7) is 8.93. The lowest BCUT2D eigenvalue weighted by Crippen LogP contribution is -2.37. The van der Waals surface area contributed by atoms with Gasteiger partial charge in [0.1, 0.15) is 5.75 Å². The van der Waals surface area contributed by atoms with Crippen LogP contribution in [-0.2, 0) is 19.1 Å². The second kappa shape index (κ2) is 10.9. The van der Waals surface area contributed by atoms with Crippen LogP contribution in [0.4, 0.5) is 4.79 Å². The summed E-state index contributed by atoms with van der Waals surface area (Å²) in [5.41, 5.74) is -0.697. The third kappa shape index (κ3) is 9.08. The largest absolute Gasteiger partial charge is 0.427 e. The van der Waals surface area contributed by atoms with Gasteiger partial charge in [-0.05, 0) is 51.5 Å². The number of nitrogens with one attached hydrogen (secondary N) is 1. The van der Waals surface area contributed by atoms with Crippen LogP contribution in [0.25, 0.3) is 0 Å². The molecule has 1 aromatic carbocycles. The lowest BCUT2D eigenvalue weighted by atomic mass is 9.97. The lowest BCUT2D eigenvalue weighted by molar-refractivity contribution is -0.184. The number of ether oxygens (including phenoxy) is 3. The molecule has 0 spiro atoms. The molecule has 0 aliphatic rings. The van der Waals surface area contributed by atoms with E-state index in [9.17, 15) is 14.4 Å². The average Bonchev–Trinajstić information content (AvgIpc) is 2.59.